The van der Waals surface area contributed by atoms with E-state index in [0.717, 1.165) is 23.8 Å². The van der Waals surface area contributed by atoms with Gasteiger partial charge >= 0.3 is 0 Å². The van der Waals surface area contributed by atoms with Crippen molar-refractivity contribution in [2.45, 2.75) is 24.9 Å². The molecule has 4 rings (SSSR count). The first-order chi connectivity index (χ1) is 10.3. The molecule has 0 saturated heterocycles. The van der Waals surface area contributed by atoms with Crippen molar-refractivity contribution >= 4 is 10.8 Å². The second-order valence-electron chi connectivity index (χ2n) is 5.86. The molecular formula is C20H18O. The summed E-state index contributed by atoms with van der Waals surface area (Å²) in [6.07, 6.45) is 1.67. The normalized spacial score (nSPS) is 18.6. The lowest BCUT2D eigenvalue weighted by molar-refractivity contribution is 0.146. The lowest BCUT2D eigenvalue weighted by Crippen LogP contribution is -2.08. The molecular weight excluding hydrogens is 256 g/mol. The van der Waals surface area contributed by atoms with Crippen LogP contribution in [0.15, 0.2) is 66.7 Å². The fraction of sp³-hybridized carbons (Fsp3) is 0.200. The van der Waals surface area contributed by atoms with Crippen LogP contribution >= 0.6 is 0 Å². The summed E-state index contributed by atoms with van der Waals surface area (Å²) in [5.41, 5.74) is 3.76. The summed E-state index contributed by atoms with van der Waals surface area (Å²) in [5, 5.41) is 13.3. The van der Waals surface area contributed by atoms with E-state index in [0.29, 0.717) is 0 Å². The summed E-state index contributed by atoms with van der Waals surface area (Å²) in [5.74, 6) is 0.215. The zero-order chi connectivity index (χ0) is 14.2. The van der Waals surface area contributed by atoms with Crippen LogP contribution in [0.3, 0.4) is 0 Å². The minimum atomic E-state index is -0.431. The highest BCUT2D eigenvalue weighted by molar-refractivity contribution is 5.86. The molecule has 0 radical (unpaired) electrons. The Kier molecular flexibility index (Phi) is 3.01. The van der Waals surface area contributed by atoms with Crippen molar-refractivity contribution in [3.05, 3.63) is 83.4 Å². The average Bonchev–Trinajstić information content (AvgIpc) is 2.98. The molecule has 1 aliphatic carbocycles. The molecule has 0 aromatic heterocycles. The maximum atomic E-state index is 11.0. The van der Waals surface area contributed by atoms with Crippen LogP contribution in [0.1, 0.15) is 35.1 Å². The van der Waals surface area contributed by atoms with Gasteiger partial charge in [-0.3, -0.25) is 0 Å². The number of hydrogen-bond donors (Lipinski definition) is 1. The van der Waals surface area contributed by atoms with E-state index in [1.807, 2.05) is 18.2 Å². The number of benzene rings is 3. The molecule has 0 bridgehead atoms. The lowest BCUT2D eigenvalue weighted by atomic mass is 9.88. The number of rotatable bonds is 2. The molecule has 2 atom stereocenters. The molecule has 104 valence electrons. The molecule has 2 unspecified atom stereocenters. The highest BCUT2D eigenvalue weighted by Gasteiger charge is 2.29. The molecule has 0 spiro atoms. The quantitative estimate of drug-likeness (QED) is 0.724. The predicted molar refractivity (Wildman–Crippen MR) is 86.4 cm³/mol. The first kappa shape index (κ1) is 12.6. The van der Waals surface area contributed by atoms with E-state index in [1.54, 1.807) is 0 Å². The lowest BCUT2D eigenvalue weighted by Gasteiger charge is -2.21. The van der Waals surface area contributed by atoms with Crippen molar-refractivity contribution in [2.75, 3.05) is 0 Å². The summed E-state index contributed by atoms with van der Waals surface area (Å²) in [4.78, 5) is 0. The Morgan fingerprint density at radius 3 is 2.57 bits per heavy atom. The van der Waals surface area contributed by atoms with Crippen LogP contribution in [0.25, 0.3) is 10.8 Å². The van der Waals surface area contributed by atoms with Gasteiger partial charge in [0.2, 0.25) is 0 Å². The van der Waals surface area contributed by atoms with Gasteiger partial charge in [-0.2, -0.15) is 0 Å². The van der Waals surface area contributed by atoms with Gasteiger partial charge < -0.3 is 5.11 Å². The second kappa shape index (κ2) is 5.01. The first-order valence-electron chi connectivity index (χ1n) is 7.58. The van der Waals surface area contributed by atoms with Gasteiger partial charge in [0, 0.05) is 5.92 Å². The average molecular weight is 274 g/mol. The van der Waals surface area contributed by atoms with Crippen LogP contribution in [0, 0.1) is 0 Å². The maximum Gasteiger partial charge on any atom is 0.0864 e. The fourth-order valence-corrected chi connectivity index (χ4v) is 3.64. The second-order valence-corrected chi connectivity index (χ2v) is 5.86. The van der Waals surface area contributed by atoms with Crippen LogP contribution in [0.4, 0.5) is 0 Å². The Morgan fingerprint density at radius 2 is 1.62 bits per heavy atom. The van der Waals surface area contributed by atoms with Gasteiger partial charge in [0.1, 0.15) is 0 Å². The van der Waals surface area contributed by atoms with Crippen LogP contribution < -0.4 is 0 Å². The van der Waals surface area contributed by atoms with Gasteiger partial charge in [-0.1, -0.05) is 66.7 Å². The summed E-state index contributed by atoms with van der Waals surface area (Å²) in [6.45, 7) is 0. The number of aliphatic hydroxyl groups is 1. The molecule has 1 aliphatic rings. The first-order valence-corrected chi connectivity index (χ1v) is 7.58. The minimum absolute atomic E-state index is 0.215. The Hall–Kier alpha value is -2.12. The Bertz CT molecular complexity index is 785. The molecule has 0 heterocycles. The third-order valence-corrected chi connectivity index (χ3v) is 4.70. The van der Waals surface area contributed by atoms with E-state index in [9.17, 15) is 5.11 Å². The molecule has 0 saturated carbocycles. The molecule has 1 nitrogen and oxygen atoms in total. The van der Waals surface area contributed by atoms with E-state index in [-0.39, 0.29) is 5.92 Å². The van der Waals surface area contributed by atoms with Gasteiger partial charge in [0.05, 0.1) is 6.10 Å². The Balaban J connectivity index is 1.80. The Labute approximate surface area is 124 Å². The van der Waals surface area contributed by atoms with Crippen molar-refractivity contribution < 1.29 is 5.11 Å². The molecule has 3 aromatic carbocycles. The van der Waals surface area contributed by atoms with Crippen LogP contribution in [0.2, 0.25) is 0 Å². The van der Waals surface area contributed by atoms with Crippen LogP contribution in [-0.2, 0) is 6.42 Å². The molecule has 1 heteroatoms. The predicted octanol–water partition coefficient (Wildman–Crippen LogP) is 4.60. The fourth-order valence-electron chi connectivity index (χ4n) is 3.64. The number of hydrogen-bond acceptors (Lipinski definition) is 1. The summed E-state index contributed by atoms with van der Waals surface area (Å²) in [7, 11) is 0. The van der Waals surface area contributed by atoms with Crippen molar-refractivity contribution in [1.29, 1.82) is 0 Å². The van der Waals surface area contributed by atoms with Gasteiger partial charge in [-0.25, -0.2) is 0 Å². The highest BCUT2D eigenvalue weighted by atomic mass is 16.3. The third-order valence-electron chi connectivity index (χ3n) is 4.70. The van der Waals surface area contributed by atoms with Gasteiger partial charge in [0.25, 0.3) is 0 Å². The molecule has 0 fully saturated rings. The summed E-state index contributed by atoms with van der Waals surface area (Å²) >= 11 is 0. The molecule has 21 heavy (non-hydrogen) atoms. The zero-order valence-electron chi connectivity index (χ0n) is 11.9. The molecule has 0 aliphatic heterocycles. The minimum Gasteiger partial charge on any atom is -0.388 e. The van der Waals surface area contributed by atoms with Crippen LogP contribution in [0.5, 0.6) is 0 Å². The third kappa shape index (κ3) is 2.05. The highest BCUT2D eigenvalue weighted by Crippen LogP contribution is 2.42. The van der Waals surface area contributed by atoms with E-state index >= 15 is 0 Å². The number of fused-ring (bicyclic) bond motifs is 2. The van der Waals surface area contributed by atoms with Crippen molar-refractivity contribution in [3.63, 3.8) is 0 Å². The van der Waals surface area contributed by atoms with E-state index < -0.39 is 6.10 Å². The zero-order valence-corrected chi connectivity index (χ0v) is 11.9. The topological polar surface area (TPSA) is 20.2 Å². The standard InChI is InChI=1S/C20H18O/c21-20(19-13-12-15-7-2-4-10-17(15)19)18-11-5-8-14-6-1-3-9-16(14)18/h1-11,19-21H,12-13H2. The monoisotopic (exact) mass is 274 g/mol. The van der Waals surface area contributed by atoms with E-state index in [4.69, 9.17) is 0 Å². The maximum absolute atomic E-state index is 11.0. The van der Waals surface area contributed by atoms with E-state index in [1.165, 1.54) is 16.5 Å². The summed E-state index contributed by atoms with van der Waals surface area (Å²) < 4.78 is 0. The molecule has 3 aromatic rings. The van der Waals surface area contributed by atoms with Gasteiger partial charge in [-0.05, 0) is 40.3 Å². The largest absolute Gasteiger partial charge is 0.388 e. The SMILES string of the molecule is OC(c1cccc2ccccc12)C1CCc2ccccc21. The smallest absolute Gasteiger partial charge is 0.0864 e. The number of aliphatic hydroxyl groups excluding tert-OH is 1. The summed E-state index contributed by atoms with van der Waals surface area (Å²) in [6, 6.07) is 23.0. The van der Waals surface area contributed by atoms with Crippen molar-refractivity contribution in [1.82, 2.24) is 0 Å². The van der Waals surface area contributed by atoms with Crippen molar-refractivity contribution in [3.8, 4) is 0 Å². The van der Waals surface area contributed by atoms with E-state index in [2.05, 4.69) is 48.5 Å². The number of aryl methyl sites for hydroxylation is 1. The van der Waals surface area contributed by atoms with Gasteiger partial charge in [0.15, 0.2) is 0 Å². The Morgan fingerprint density at radius 1 is 0.857 bits per heavy atom. The molecule has 1 N–H and O–H groups in total. The van der Waals surface area contributed by atoms with Crippen molar-refractivity contribution in [2.24, 2.45) is 0 Å². The van der Waals surface area contributed by atoms with Crippen LogP contribution in [-0.4, -0.2) is 5.11 Å². The molecule has 0 amide bonds. The van der Waals surface area contributed by atoms with Gasteiger partial charge in [-0.15, -0.1) is 0 Å².